The van der Waals surface area contributed by atoms with E-state index in [2.05, 4.69) is 26.6 Å². The number of hydrogen-bond donors (Lipinski definition) is 2. The Morgan fingerprint density at radius 3 is 2.39 bits per heavy atom. The molecule has 0 unspecified atom stereocenters. The fourth-order valence-corrected chi connectivity index (χ4v) is 1.27. The summed E-state index contributed by atoms with van der Waals surface area (Å²) < 4.78 is 12.6. The third-order valence-electron chi connectivity index (χ3n) is 2.07. The van der Waals surface area contributed by atoms with Crippen molar-refractivity contribution in [1.82, 2.24) is 0 Å². The highest BCUT2D eigenvalue weighted by Gasteiger charge is 2.23. The van der Waals surface area contributed by atoms with Crippen LogP contribution >= 0.6 is 15.9 Å². The number of nitrogens with one attached hydrogen (secondary N) is 2. The van der Waals surface area contributed by atoms with Crippen LogP contribution in [0.25, 0.3) is 0 Å². The van der Waals surface area contributed by atoms with Crippen molar-refractivity contribution < 1.29 is 14.0 Å². The van der Waals surface area contributed by atoms with Gasteiger partial charge in [0.15, 0.2) is 0 Å². The topological polar surface area (TPSA) is 58.2 Å². The minimum atomic E-state index is -0.727. The summed E-state index contributed by atoms with van der Waals surface area (Å²) in [6.45, 7) is 4.67. The van der Waals surface area contributed by atoms with Crippen LogP contribution in [0.4, 0.5) is 15.8 Å². The molecule has 4 nitrogen and oxygen atoms in total. The SMILES string of the molecule is CC(=O)Nc1cc(NC(=O)C(C)(C)Br)ccc1F. The third-order valence-corrected chi connectivity index (χ3v) is 2.43. The van der Waals surface area contributed by atoms with Gasteiger partial charge in [0.2, 0.25) is 11.8 Å². The van der Waals surface area contributed by atoms with Crippen LogP contribution in [0.1, 0.15) is 20.8 Å². The minimum Gasteiger partial charge on any atom is -0.325 e. The van der Waals surface area contributed by atoms with E-state index in [1.807, 2.05) is 0 Å². The molecule has 0 bridgehead atoms. The maximum absolute atomic E-state index is 13.4. The standard InChI is InChI=1S/C12H14BrFN2O2/c1-7(17)15-10-6-8(4-5-9(10)14)16-11(18)12(2,3)13/h4-6H,1-3H3,(H,15,17)(H,16,18). The molecule has 0 aliphatic heterocycles. The van der Waals surface area contributed by atoms with E-state index in [0.29, 0.717) is 5.69 Å². The normalized spacial score (nSPS) is 10.9. The molecule has 0 atom stereocenters. The summed E-state index contributed by atoms with van der Waals surface area (Å²) >= 11 is 3.22. The van der Waals surface area contributed by atoms with Gasteiger partial charge in [-0.15, -0.1) is 0 Å². The van der Waals surface area contributed by atoms with Crippen molar-refractivity contribution in [3.63, 3.8) is 0 Å². The van der Waals surface area contributed by atoms with Crippen LogP contribution in [0.15, 0.2) is 18.2 Å². The summed E-state index contributed by atoms with van der Waals surface area (Å²) in [5.41, 5.74) is 0.449. The molecule has 0 heterocycles. The average molecular weight is 317 g/mol. The maximum atomic E-state index is 13.4. The van der Waals surface area contributed by atoms with Gasteiger partial charge in [-0.05, 0) is 32.0 Å². The van der Waals surface area contributed by atoms with Gasteiger partial charge in [-0.25, -0.2) is 4.39 Å². The number of halogens is 2. The quantitative estimate of drug-likeness (QED) is 0.842. The zero-order chi connectivity index (χ0) is 13.9. The second kappa shape index (κ2) is 5.48. The fraction of sp³-hybridized carbons (Fsp3) is 0.333. The van der Waals surface area contributed by atoms with Crippen LogP contribution in [0.5, 0.6) is 0 Å². The van der Waals surface area contributed by atoms with Crippen molar-refractivity contribution in [3.8, 4) is 0 Å². The molecule has 6 heteroatoms. The van der Waals surface area contributed by atoms with E-state index in [4.69, 9.17) is 0 Å². The summed E-state index contributed by atoms with van der Waals surface area (Å²) in [5.74, 6) is -1.19. The highest BCUT2D eigenvalue weighted by Crippen LogP contribution is 2.22. The van der Waals surface area contributed by atoms with Gasteiger partial charge in [0, 0.05) is 12.6 Å². The predicted octanol–water partition coefficient (Wildman–Crippen LogP) is 2.90. The van der Waals surface area contributed by atoms with Crippen molar-refractivity contribution in [2.45, 2.75) is 25.1 Å². The van der Waals surface area contributed by atoms with Crippen LogP contribution in [0.3, 0.4) is 0 Å². The average Bonchev–Trinajstić information content (AvgIpc) is 2.20. The predicted molar refractivity (Wildman–Crippen MR) is 72.3 cm³/mol. The first-order valence-corrected chi connectivity index (χ1v) is 6.07. The molecule has 0 aliphatic carbocycles. The zero-order valence-electron chi connectivity index (χ0n) is 10.3. The van der Waals surface area contributed by atoms with Gasteiger partial charge < -0.3 is 10.6 Å². The van der Waals surface area contributed by atoms with E-state index in [-0.39, 0.29) is 17.5 Å². The van der Waals surface area contributed by atoms with E-state index < -0.39 is 10.1 Å². The van der Waals surface area contributed by atoms with E-state index >= 15 is 0 Å². The van der Waals surface area contributed by atoms with Crippen LogP contribution in [0, 0.1) is 5.82 Å². The lowest BCUT2D eigenvalue weighted by atomic mass is 10.2. The molecular weight excluding hydrogens is 303 g/mol. The number of alkyl halides is 1. The number of anilines is 2. The Hall–Kier alpha value is -1.43. The second-order valence-electron chi connectivity index (χ2n) is 4.30. The van der Waals surface area contributed by atoms with Gasteiger partial charge in [0.05, 0.1) is 10.0 Å². The molecule has 2 amide bonds. The van der Waals surface area contributed by atoms with E-state index in [1.165, 1.54) is 25.1 Å². The molecule has 0 radical (unpaired) electrons. The van der Waals surface area contributed by atoms with Crippen LogP contribution < -0.4 is 10.6 Å². The Morgan fingerprint density at radius 1 is 1.28 bits per heavy atom. The van der Waals surface area contributed by atoms with Crippen molar-refractivity contribution >= 4 is 39.1 Å². The second-order valence-corrected chi connectivity index (χ2v) is 6.28. The molecule has 18 heavy (non-hydrogen) atoms. The molecule has 0 saturated carbocycles. The molecule has 0 spiro atoms. The van der Waals surface area contributed by atoms with Gasteiger partial charge in [0.1, 0.15) is 5.82 Å². The smallest absolute Gasteiger partial charge is 0.240 e. The monoisotopic (exact) mass is 316 g/mol. The molecule has 1 rings (SSSR count). The van der Waals surface area contributed by atoms with E-state index in [0.717, 1.165) is 0 Å². The van der Waals surface area contributed by atoms with Gasteiger partial charge in [-0.1, -0.05) is 15.9 Å². The summed E-state index contributed by atoms with van der Waals surface area (Å²) in [5, 5.41) is 4.97. The highest BCUT2D eigenvalue weighted by molar-refractivity contribution is 9.10. The Balaban J connectivity index is 2.92. The Morgan fingerprint density at radius 2 is 1.89 bits per heavy atom. The maximum Gasteiger partial charge on any atom is 0.240 e. The number of benzene rings is 1. The Kier molecular flexibility index (Phi) is 4.45. The van der Waals surface area contributed by atoms with Gasteiger partial charge in [-0.2, -0.15) is 0 Å². The number of hydrogen-bond acceptors (Lipinski definition) is 2. The van der Waals surface area contributed by atoms with Crippen LogP contribution in [-0.4, -0.2) is 16.1 Å². The number of carbonyl (C=O) groups excluding carboxylic acids is 2. The molecule has 0 aromatic heterocycles. The fourth-order valence-electron chi connectivity index (χ4n) is 1.17. The minimum absolute atomic E-state index is 0.0349. The van der Waals surface area contributed by atoms with Crippen LogP contribution in [-0.2, 0) is 9.59 Å². The van der Waals surface area contributed by atoms with Crippen LogP contribution in [0.2, 0.25) is 0 Å². The van der Waals surface area contributed by atoms with Gasteiger partial charge in [-0.3, -0.25) is 9.59 Å². The van der Waals surface area contributed by atoms with Crippen molar-refractivity contribution in [2.24, 2.45) is 0 Å². The molecule has 1 aromatic carbocycles. The Bertz CT molecular complexity index is 483. The highest BCUT2D eigenvalue weighted by atomic mass is 79.9. The summed E-state index contributed by atoms with van der Waals surface area (Å²) in [7, 11) is 0. The lowest BCUT2D eigenvalue weighted by molar-refractivity contribution is -0.117. The summed E-state index contributed by atoms with van der Waals surface area (Å²) in [4.78, 5) is 22.6. The largest absolute Gasteiger partial charge is 0.325 e. The summed E-state index contributed by atoms with van der Waals surface area (Å²) in [6, 6.07) is 3.98. The van der Waals surface area contributed by atoms with Gasteiger partial charge >= 0.3 is 0 Å². The third kappa shape index (κ3) is 4.10. The van der Waals surface area contributed by atoms with E-state index in [1.54, 1.807) is 13.8 Å². The molecule has 98 valence electrons. The first-order valence-electron chi connectivity index (χ1n) is 5.27. The van der Waals surface area contributed by atoms with Crippen molar-refractivity contribution in [2.75, 3.05) is 10.6 Å². The lowest BCUT2D eigenvalue weighted by Gasteiger charge is -2.16. The first-order chi connectivity index (χ1) is 8.20. The number of carbonyl (C=O) groups is 2. The molecule has 2 N–H and O–H groups in total. The zero-order valence-corrected chi connectivity index (χ0v) is 11.9. The molecule has 0 aliphatic rings. The van der Waals surface area contributed by atoms with Gasteiger partial charge in [0.25, 0.3) is 0 Å². The van der Waals surface area contributed by atoms with Crippen molar-refractivity contribution in [1.29, 1.82) is 0 Å². The first kappa shape index (κ1) is 14.6. The molecule has 0 saturated heterocycles. The molecule has 1 aromatic rings. The number of rotatable bonds is 3. The van der Waals surface area contributed by atoms with E-state index in [9.17, 15) is 14.0 Å². The Labute approximate surface area is 113 Å². The molecular formula is C12H14BrFN2O2. The molecule has 0 fully saturated rings. The summed E-state index contributed by atoms with van der Waals surface area (Å²) in [6.07, 6.45) is 0. The lowest BCUT2D eigenvalue weighted by Crippen LogP contribution is -2.31. The van der Waals surface area contributed by atoms with Crippen molar-refractivity contribution in [3.05, 3.63) is 24.0 Å². The number of amides is 2.